The first-order valence-electron chi connectivity index (χ1n) is 10.6. The summed E-state index contributed by atoms with van der Waals surface area (Å²) >= 11 is 0. The maximum Gasteiger partial charge on any atom is 0.303 e. The minimum atomic E-state index is -1.02. The molecule has 170 valence electrons. The van der Waals surface area contributed by atoms with Crippen LogP contribution in [0.2, 0.25) is 0 Å². The number of hydrogen-bond acceptors (Lipinski definition) is 5. The number of carboxylic acid groups (broad SMARTS) is 1. The smallest absolute Gasteiger partial charge is 0.303 e. The number of aliphatic carboxylic acids is 1. The number of aromatic nitrogens is 1. The zero-order valence-corrected chi connectivity index (χ0v) is 18.8. The number of benzene rings is 1. The number of nitrogens with zero attached hydrogens (tertiary/aromatic N) is 2. The number of amides is 2. The molecular formula is C24H29N3O5. The van der Waals surface area contributed by atoms with Crippen molar-refractivity contribution in [3.8, 4) is 5.88 Å². The van der Waals surface area contributed by atoms with E-state index in [-0.39, 0.29) is 43.7 Å². The Hall–Kier alpha value is -3.42. The summed E-state index contributed by atoms with van der Waals surface area (Å²) in [6.45, 7) is 6.32. The summed E-state index contributed by atoms with van der Waals surface area (Å²) in [7, 11) is 1.49. The van der Waals surface area contributed by atoms with Crippen LogP contribution >= 0.6 is 0 Å². The summed E-state index contributed by atoms with van der Waals surface area (Å²) in [6.07, 6.45) is -0.322. The lowest BCUT2D eigenvalue weighted by Gasteiger charge is -2.50. The van der Waals surface area contributed by atoms with Crippen molar-refractivity contribution in [2.75, 3.05) is 25.5 Å². The number of rotatable bonds is 8. The third-order valence-electron chi connectivity index (χ3n) is 5.80. The fourth-order valence-corrected chi connectivity index (χ4v) is 4.05. The number of nitrogens with one attached hydrogen (secondary N) is 1. The second-order valence-corrected chi connectivity index (χ2v) is 8.43. The number of ether oxygens (including phenoxy) is 1. The van der Waals surface area contributed by atoms with Gasteiger partial charge in [-0.05, 0) is 36.1 Å². The van der Waals surface area contributed by atoms with Crippen LogP contribution in [0.1, 0.15) is 49.4 Å². The predicted octanol–water partition coefficient (Wildman–Crippen LogP) is 3.11. The van der Waals surface area contributed by atoms with Crippen molar-refractivity contribution >= 4 is 23.5 Å². The number of hydrogen-bond donors (Lipinski definition) is 2. The predicted molar refractivity (Wildman–Crippen MR) is 120 cm³/mol. The lowest BCUT2D eigenvalue weighted by molar-refractivity contribution is -0.147. The molecule has 0 radical (unpaired) electrons. The van der Waals surface area contributed by atoms with Gasteiger partial charge in [-0.2, -0.15) is 0 Å². The van der Waals surface area contributed by atoms with Crippen molar-refractivity contribution in [3.05, 3.63) is 53.2 Å². The van der Waals surface area contributed by atoms with E-state index in [4.69, 9.17) is 9.84 Å². The number of carboxylic acids is 1. The van der Waals surface area contributed by atoms with E-state index in [1.54, 1.807) is 17.0 Å². The molecule has 0 spiro atoms. The summed E-state index contributed by atoms with van der Waals surface area (Å²) in [4.78, 5) is 42.8. The molecule has 2 aromatic rings. The van der Waals surface area contributed by atoms with Crippen molar-refractivity contribution in [3.63, 3.8) is 0 Å². The van der Waals surface area contributed by atoms with Gasteiger partial charge < -0.3 is 20.1 Å². The van der Waals surface area contributed by atoms with Crippen LogP contribution in [0, 0.1) is 6.92 Å². The standard InChI is InChI=1S/C24H29N3O5/c1-15(2)17-7-5-6-8-18(17)24(13-27(14-24)20(28)11-12-21(29)30)23(31)26-19-10-9-16(3)25-22(19)32-4/h5-10,15H,11-14H2,1-4H3,(H,26,31)(H,29,30). The van der Waals surface area contributed by atoms with Gasteiger partial charge >= 0.3 is 5.97 Å². The van der Waals surface area contributed by atoms with Gasteiger partial charge in [-0.25, -0.2) is 4.98 Å². The van der Waals surface area contributed by atoms with Crippen LogP contribution in [0.15, 0.2) is 36.4 Å². The Kier molecular flexibility index (Phi) is 6.81. The highest BCUT2D eigenvalue weighted by Gasteiger charge is 2.53. The molecule has 0 unspecified atom stereocenters. The van der Waals surface area contributed by atoms with E-state index in [1.165, 1.54) is 7.11 Å². The van der Waals surface area contributed by atoms with Crippen molar-refractivity contribution in [2.45, 2.75) is 44.9 Å². The quantitative estimate of drug-likeness (QED) is 0.654. The fraction of sp³-hybridized carbons (Fsp3) is 0.417. The molecular weight excluding hydrogens is 410 g/mol. The third-order valence-corrected chi connectivity index (χ3v) is 5.80. The van der Waals surface area contributed by atoms with Gasteiger partial charge in [0, 0.05) is 25.2 Å². The van der Waals surface area contributed by atoms with Crippen molar-refractivity contribution < 1.29 is 24.2 Å². The van der Waals surface area contributed by atoms with Crippen LogP contribution < -0.4 is 10.1 Å². The Bertz CT molecular complexity index is 1030. The SMILES string of the molecule is COc1nc(C)ccc1NC(=O)C1(c2ccccc2C(C)C)CN(C(=O)CCC(=O)O)C1. The zero-order valence-electron chi connectivity index (χ0n) is 18.8. The Morgan fingerprint density at radius 2 is 1.84 bits per heavy atom. The maximum absolute atomic E-state index is 13.7. The molecule has 1 aromatic carbocycles. The second kappa shape index (κ2) is 9.38. The molecule has 2 heterocycles. The highest BCUT2D eigenvalue weighted by atomic mass is 16.5. The molecule has 0 atom stereocenters. The first kappa shape index (κ1) is 23.2. The Labute approximate surface area is 187 Å². The summed E-state index contributed by atoms with van der Waals surface area (Å²) in [5.74, 6) is -1.04. The van der Waals surface area contributed by atoms with E-state index in [1.807, 2.05) is 31.2 Å². The molecule has 0 bridgehead atoms. The molecule has 1 aromatic heterocycles. The number of methoxy groups -OCH3 is 1. The van der Waals surface area contributed by atoms with E-state index in [2.05, 4.69) is 24.1 Å². The molecule has 3 rings (SSSR count). The fourth-order valence-electron chi connectivity index (χ4n) is 4.05. The van der Waals surface area contributed by atoms with Gasteiger partial charge in [0.1, 0.15) is 11.1 Å². The molecule has 2 N–H and O–H groups in total. The van der Waals surface area contributed by atoms with Gasteiger partial charge in [-0.3, -0.25) is 14.4 Å². The van der Waals surface area contributed by atoms with Crippen molar-refractivity contribution in [1.29, 1.82) is 0 Å². The average molecular weight is 440 g/mol. The van der Waals surface area contributed by atoms with Crippen LogP contribution in [-0.2, 0) is 19.8 Å². The zero-order chi connectivity index (χ0) is 23.5. The number of anilines is 1. The van der Waals surface area contributed by atoms with Gasteiger partial charge in [0.25, 0.3) is 0 Å². The van der Waals surface area contributed by atoms with Crippen molar-refractivity contribution in [1.82, 2.24) is 9.88 Å². The number of carbonyl (C=O) groups excluding carboxylic acids is 2. The second-order valence-electron chi connectivity index (χ2n) is 8.43. The normalized spacial score (nSPS) is 14.6. The average Bonchev–Trinajstić information content (AvgIpc) is 2.73. The molecule has 32 heavy (non-hydrogen) atoms. The molecule has 1 aliphatic rings. The van der Waals surface area contributed by atoms with Gasteiger partial charge in [0.15, 0.2) is 0 Å². The Morgan fingerprint density at radius 3 is 2.47 bits per heavy atom. The molecule has 0 saturated carbocycles. The van der Waals surface area contributed by atoms with E-state index in [0.717, 1.165) is 16.8 Å². The number of pyridine rings is 1. The molecule has 8 nitrogen and oxygen atoms in total. The third kappa shape index (κ3) is 4.59. The Balaban J connectivity index is 1.94. The van der Waals surface area contributed by atoms with Gasteiger partial charge in [0.2, 0.25) is 17.7 Å². The van der Waals surface area contributed by atoms with Crippen LogP contribution in [0.4, 0.5) is 5.69 Å². The highest BCUT2D eigenvalue weighted by Crippen LogP contribution is 2.40. The van der Waals surface area contributed by atoms with Crippen LogP contribution in [-0.4, -0.2) is 53.0 Å². The topological polar surface area (TPSA) is 109 Å². The molecule has 1 aliphatic heterocycles. The summed E-state index contributed by atoms with van der Waals surface area (Å²) in [5.41, 5.74) is 2.18. The monoisotopic (exact) mass is 439 g/mol. The Morgan fingerprint density at radius 1 is 1.16 bits per heavy atom. The van der Waals surface area contributed by atoms with Gasteiger partial charge in [0.05, 0.1) is 13.5 Å². The van der Waals surface area contributed by atoms with Crippen LogP contribution in [0.5, 0.6) is 5.88 Å². The van der Waals surface area contributed by atoms with Gasteiger partial charge in [-0.1, -0.05) is 38.1 Å². The lowest BCUT2D eigenvalue weighted by Crippen LogP contribution is -2.66. The lowest BCUT2D eigenvalue weighted by atomic mass is 9.69. The van der Waals surface area contributed by atoms with E-state index in [9.17, 15) is 14.4 Å². The largest absolute Gasteiger partial charge is 0.481 e. The summed E-state index contributed by atoms with van der Waals surface area (Å²) in [5, 5.41) is 11.8. The number of carbonyl (C=O) groups is 3. The molecule has 1 saturated heterocycles. The summed E-state index contributed by atoms with van der Waals surface area (Å²) < 4.78 is 5.33. The maximum atomic E-state index is 13.7. The molecule has 1 fully saturated rings. The van der Waals surface area contributed by atoms with Gasteiger partial charge in [-0.15, -0.1) is 0 Å². The van der Waals surface area contributed by atoms with Crippen molar-refractivity contribution in [2.24, 2.45) is 0 Å². The minimum Gasteiger partial charge on any atom is -0.481 e. The first-order valence-corrected chi connectivity index (χ1v) is 10.6. The van der Waals surface area contributed by atoms with Crippen LogP contribution in [0.3, 0.4) is 0 Å². The molecule has 8 heteroatoms. The molecule has 2 amide bonds. The summed E-state index contributed by atoms with van der Waals surface area (Å²) in [6, 6.07) is 11.3. The van der Waals surface area contributed by atoms with E-state index in [0.29, 0.717) is 11.6 Å². The number of likely N-dealkylation sites (tertiary alicyclic amines) is 1. The highest BCUT2D eigenvalue weighted by molar-refractivity contribution is 6.02. The first-order chi connectivity index (χ1) is 15.2. The molecule has 0 aliphatic carbocycles. The minimum absolute atomic E-state index is 0.0887. The van der Waals surface area contributed by atoms with E-state index >= 15 is 0 Å². The van der Waals surface area contributed by atoms with Crippen LogP contribution in [0.25, 0.3) is 0 Å². The van der Waals surface area contributed by atoms with E-state index < -0.39 is 11.4 Å². The number of aryl methyl sites for hydroxylation is 1.